The van der Waals surface area contributed by atoms with Gasteiger partial charge >= 0.3 is 5.97 Å². The Bertz CT molecular complexity index is 800. The van der Waals surface area contributed by atoms with Crippen LogP contribution in [0.2, 0.25) is 0 Å². The average Bonchev–Trinajstić information content (AvgIpc) is 2.60. The van der Waals surface area contributed by atoms with Gasteiger partial charge in [-0.25, -0.2) is 9.18 Å². The van der Waals surface area contributed by atoms with E-state index in [1.807, 2.05) is 0 Å². The fourth-order valence-electron chi connectivity index (χ4n) is 3.20. The quantitative estimate of drug-likeness (QED) is 0.798. The number of carboxylic acid groups (broad SMARTS) is 1. The molecule has 0 unspecified atom stereocenters. The zero-order valence-electron chi connectivity index (χ0n) is 14.2. The highest BCUT2D eigenvalue weighted by atomic mass is 19.1. The van der Waals surface area contributed by atoms with E-state index < -0.39 is 12.6 Å². The number of ether oxygens (including phenoxy) is 1. The van der Waals surface area contributed by atoms with Crippen molar-refractivity contribution in [1.29, 1.82) is 0 Å². The molecule has 6 heteroatoms. The minimum absolute atomic E-state index is 0.152. The van der Waals surface area contributed by atoms with E-state index in [0.717, 1.165) is 24.8 Å². The van der Waals surface area contributed by atoms with Crippen LogP contribution in [0.25, 0.3) is 0 Å². The molecular weight excluding hydrogens is 337 g/mol. The zero-order valence-corrected chi connectivity index (χ0v) is 14.2. The van der Waals surface area contributed by atoms with Crippen LogP contribution in [-0.4, -0.2) is 30.1 Å². The molecule has 2 N–H and O–H groups in total. The largest absolute Gasteiger partial charge is 0.482 e. The Labute approximate surface area is 150 Å². The van der Waals surface area contributed by atoms with Gasteiger partial charge in [0.25, 0.3) is 5.91 Å². The lowest BCUT2D eigenvalue weighted by molar-refractivity contribution is -0.139. The van der Waals surface area contributed by atoms with E-state index >= 15 is 0 Å². The van der Waals surface area contributed by atoms with Crippen molar-refractivity contribution in [3.63, 3.8) is 0 Å². The Morgan fingerprint density at radius 3 is 2.50 bits per heavy atom. The fraction of sp³-hybridized carbons (Fsp3) is 0.300. The van der Waals surface area contributed by atoms with Crippen molar-refractivity contribution in [3.05, 3.63) is 65.5 Å². The van der Waals surface area contributed by atoms with Crippen LogP contribution in [0.5, 0.6) is 5.75 Å². The second kappa shape index (κ2) is 7.56. The summed E-state index contributed by atoms with van der Waals surface area (Å²) in [6.07, 6.45) is 2.97. The first-order valence-electron chi connectivity index (χ1n) is 8.47. The number of aliphatic carboxylic acids is 1. The molecule has 5 nitrogen and oxygen atoms in total. The van der Waals surface area contributed by atoms with Crippen molar-refractivity contribution in [2.45, 2.75) is 24.7 Å². The molecule has 0 saturated heterocycles. The Kier molecular flexibility index (Phi) is 5.21. The number of benzene rings is 2. The Balaban J connectivity index is 1.65. The Hall–Kier alpha value is -2.89. The minimum atomic E-state index is -1.08. The Morgan fingerprint density at radius 1 is 1.15 bits per heavy atom. The molecule has 3 rings (SSSR count). The van der Waals surface area contributed by atoms with Gasteiger partial charge in [-0.05, 0) is 48.7 Å². The molecule has 1 amide bonds. The van der Waals surface area contributed by atoms with E-state index in [-0.39, 0.29) is 17.1 Å². The van der Waals surface area contributed by atoms with Gasteiger partial charge in [0.2, 0.25) is 0 Å². The van der Waals surface area contributed by atoms with Crippen LogP contribution in [0.3, 0.4) is 0 Å². The van der Waals surface area contributed by atoms with Gasteiger partial charge in [0.05, 0.1) is 0 Å². The first-order valence-corrected chi connectivity index (χ1v) is 8.47. The number of hydrogen-bond donors (Lipinski definition) is 2. The SMILES string of the molecule is O=C(O)COc1cccc(C(=O)NCC2(c3ccc(F)cc3)CCC2)c1. The maximum absolute atomic E-state index is 13.2. The van der Waals surface area contributed by atoms with Crippen molar-refractivity contribution in [1.82, 2.24) is 5.32 Å². The van der Waals surface area contributed by atoms with Gasteiger partial charge < -0.3 is 15.2 Å². The van der Waals surface area contributed by atoms with Crippen molar-refractivity contribution < 1.29 is 23.8 Å². The van der Waals surface area contributed by atoms with Crippen LogP contribution in [0.1, 0.15) is 35.2 Å². The van der Waals surface area contributed by atoms with Crippen LogP contribution in [0.4, 0.5) is 4.39 Å². The number of carbonyl (C=O) groups is 2. The van der Waals surface area contributed by atoms with Gasteiger partial charge in [-0.15, -0.1) is 0 Å². The summed E-state index contributed by atoms with van der Waals surface area (Å²) in [5, 5.41) is 11.6. The summed E-state index contributed by atoms with van der Waals surface area (Å²) in [6.45, 7) is 0.0103. The van der Waals surface area contributed by atoms with Crippen LogP contribution < -0.4 is 10.1 Å². The fourth-order valence-corrected chi connectivity index (χ4v) is 3.20. The van der Waals surface area contributed by atoms with Crippen molar-refractivity contribution in [3.8, 4) is 5.75 Å². The highest BCUT2D eigenvalue weighted by Crippen LogP contribution is 2.43. The lowest BCUT2D eigenvalue weighted by atomic mass is 9.64. The smallest absolute Gasteiger partial charge is 0.341 e. The molecule has 26 heavy (non-hydrogen) atoms. The van der Waals surface area contributed by atoms with Gasteiger partial charge in [0, 0.05) is 17.5 Å². The molecule has 0 atom stereocenters. The molecular formula is C20H20FNO4. The van der Waals surface area contributed by atoms with E-state index in [9.17, 15) is 14.0 Å². The lowest BCUT2D eigenvalue weighted by Gasteiger charge is -2.42. The molecule has 0 aliphatic heterocycles. The van der Waals surface area contributed by atoms with E-state index in [1.54, 1.807) is 30.3 Å². The van der Waals surface area contributed by atoms with Gasteiger partial charge in [-0.2, -0.15) is 0 Å². The number of carbonyl (C=O) groups excluding carboxylic acids is 1. The van der Waals surface area contributed by atoms with Gasteiger partial charge in [0.15, 0.2) is 6.61 Å². The predicted molar refractivity (Wildman–Crippen MR) is 93.8 cm³/mol. The van der Waals surface area contributed by atoms with Gasteiger partial charge in [-0.1, -0.05) is 24.6 Å². The summed E-state index contributed by atoms with van der Waals surface area (Å²) in [7, 11) is 0. The van der Waals surface area contributed by atoms with E-state index in [2.05, 4.69) is 5.32 Å². The monoisotopic (exact) mass is 357 g/mol. The summed E-state index contributed by atoms with van der Waals surface area (Å²) < 4.78 is 18.3. The first kappa shape index (κ1) is 17.9. The number of halogens is 1. The summed E-state index contributed by atoms with van der Waals surface area (Å²) in [5.74, 6) is -1.27. The molecule has 2 aromatic carbocycles. The van der Waals surface area contributed by atoms with Crippen LogP contribution in [-0.2, 0) is 10.2 Å². The van der Waals surface area contributed by atoms with Crippen LogP contribution in [0, 0.1) is 5.82 Å². The van der Waals surface area contributed by atoms with E-state index in [0.29, 0.717) is 17.9 Å². The molecule has 2 aromatic rings. The van der Waals surface area contributed by atoms with Gasteiger partial charge in [0.1, 0.15) is 11.6 Å². The van der Waals surface area contributed by atoms with E-state index in [4.69, 9.17) is 9.84 Å². The Morgan fingerprint density at radius 2 is 1.88 bits per heavy atom. The summed E-state index contributed by atoms with van der Waals surface area (Å²) in [5.41, 5.74) is 1.28. The maximum atomic E-state index is 13.2. The summed E-state index contributed by atoms with van der Waals surface area (Å²) in [6, 6.07) is 12.9. The standard InChI is InChI=1S/C20H20FNO4/c21-16-7-5-15(6-8-16)20(9-2-10-20)13-22-19(25)14-3-1-4-17(11-14)26-12-18(23)24/h1,3-8,11H,2,9-10,12-13H2,(H,22,25)(H,23,24). The number of rotatable bonds is 7. The first-order chi connectivity index (χ1) is 12.5. The normalized spacial score (nSPS) is 15.0. The average molecular weight is 357 g/mol. The second-order valence-electron chi connectivity index (χ2n) is 6.53. The number of hydrogen-bond acceptors (Lipinski definition) is 3. The van der Waals surface area contributed by atoms with Crippen molar-refractivity contribution in [2.24, 2.45) is 0 Å². The summed E-state index contributed by atoms with van der Waals surface area (Å²) in [4.78, 5) is 23.0. The van der Waals surface area contributed by atoms with Crippen molar-refractivity contribution >= 4 is 11.9 Å². The zero-order chi connectivity index (χ0) is 18.6. The maximum Gasteiger partial charge on any atom is 0.341 e. The van der Waals surface area contributed by atoms with Crippen LogP contribution >= 0.6 is 0 Å². The van der Waals surface area contributed by atoms with Gasteiger partial charge in [-0.3, -0.25) is 4.79 Å². The number of carboxylic acids is 1. The number of amides is 1. The molecule has 1 fully saturated rings. The third-order valence-corrected chi connectivity index (χ3v) is 4.81. The molecule has 0 bridgehead atoms. The molecule has 1 saturated carbocycles. The second-order valence-corrected chi connectivity index (χ2v) is 6.53. The molecule has 1 aliphatic rings. The topological polar surface area (TPSA) is 75.6 Å². The third-order valence-electron chi connectivity index (χ3n) is 4.81. The molecule has 0 heterocycles. The third kappa shape index (κ3) is 4.02. The predicted octanol–water partition coefficient (Wildman–Crippen LogP) is 3.14. The van der Waals surface area contributed by atoms with E-state index in [1.165, 1.54) is 18.2 Å². The lowest BCUT2D eigenvalue weighted by Crippen LogP contribution is -2.45. The molecule has 0 aromatic heterocycles. The minimum Gasteiger partial charge on any atom is -0.482 e. The highest BCUT2D eigenvalue weighted by Gasteiger charge is 2.38. The van der Waals surface area contributed by atoms with Crippen molar-refractivity contribution in [2.75, 3.05) is 13.2 Å². The molecule has 136 valence electrons. The summed E-state index contributed by atoms with van der Waals surface area (Å²) >= 11 is 0. The van der Waals surface area contributed by atoms with Crippen LogP contribution in [0.15, 0.2) is 48.5 Å². The number of nitrogens with one attached hydrogen (secondary N) is 1. The molecule has 0 spiro atoms. The molecule has 1 aliphatic carbocycles. The highest BCUT2D eigenvalue weighted by molar-refractivity contribution is 5.94. The molecule has 0 radical (unpaired) electrons.